The Kier molecular flexibility index (Phi) is 5.77. The molecule has 33 heavy (non-hydrogen) atoms. The van der Waals surface area contributed by atoms with Crippen LogP contribution in [0.15, 0.2) is 48.5 Å². The Bertz CT molecular complexity index is 1050. The lowest BCUT2D eigenvalue weighted by Gasteiger charge is -2.40. The monoisotopic (exact) mass is 445 g/mol. The number of hydrogen-bond acceptors (Lipinski definition) is 3. The van der Waals surface area contributed by atoms with Crippen LogP contribution in [0.4, 0.5) is 5.69 Å². The first-order valence-electron chi connectivity index (χ1n) is 12.3. The number of hydrogen-bond donors (Lipinski definition) is 0. The lowest BCUT2D eigenvalue weighted by molar-refractivity contribution is -0.132. The SMILES string of the molecule is CC1CC2(CCN(CCC(=O)N3c4ccccc4CC3C(=O)N(C)C)CC2)c2ccccc21. The van der Waals surface area contributed by atoms with Gasteiger partial charge in [-0.15, -0.1) is 0 Å². The number of carbonyl (C=O) groups is 2. The maximum Gasteiger partial charge on any atom is 0.245 e. The van der Waals surface area contributed by atoms with Crippen molar-refractivity contribution in [2.75, 3.05) is 38.6 Å². The smallest absolute Gasteiger partial charge is 0.245 e. The summed E-state index contributed by atoms with van der Waals surface area (Å²) in [6, 6.07) is 16.5. The van der Waals surface area contributed by atoms with Crippen LogP contribution in [0, 0.1) is 0 Å². The fourth-order valence-corrected chi connectivity index (χ4v) is 6.46. The lowest BCUT2D eigenvalue weighted by Crippen LogP contribution is -2.48. The molecule has 1 aliphatic carbocycles. The number of likely N-dealkylation sites (tertiary alicyclic amines) is 1. The second-order valence-corrected chi connectivity index (χ2v) is 10.4. The normalized spacial score (nSPS) is 23.4. The number of carbonyl (C=O) groups excluding carboxylic acids is 2. The van der Waals surface area contributed by atoms with E-state index >= 15 is 0 Å². The van der Waals surface area contributed by atoms with Crippen LogP contribution >= 0.6 is 0 Å². The molecule has 1 saturated heterocycles. The van der Waals surface area contributed by atoms with Crippen molar-refractivity contribution in [1.82, 2.24) is 9.80 Å². The van der Waals surface area contributed by atoms with Crippen LogP contribution in [0.3, 0.4) is 0 Å². The third-order valence-electron chi connectivity index (χ3n) is 8.19. The summed E-state index contributed by atoms with van der Waals surface area (Å²) in [7, 11) is 3.53. The molecule has 0 saturated carbocycles. The molecule has 0 N–H and O–H groups in total. The molecule has 2 aliphatic heterocycles. The number of benzene rings is 2. The first kappa shape index (κ1) is 22.1. The van der Waals surface area contributed by atoms with Crippen LogP contribution in [0.2, 0.25) is 0 Å². The summed E-state index contributed by atoms with van der Waals surface area (Å²) in [6.07, 6.45) is 4.62. The standard InChI is InChI=1S/C28H35N3O2/c1-20-19-28(23-10-6-5-9-22(20)23)13-16-30(17-14-28)15-12-26(32)31-24-11-7-4-8-21(24)18-25(31)27(33)29(2)3/h4-11,20,25H,12-19H2,1-3H3. The average molecular weight is 446 g/mol. The average Bonchev–Trinajstić information content (AvgIpc) is 3.34. The van der Waals surface area contributed by atoms with Crippen LogP contribution in [-0.2, 0) is 21.4 Å². The summed E-state index contributed by atoms with van der Waals surface area (Å²) >= 11 is 0. The van der Waals surface area contributed by atoms with E-state index in [0.717, 1.165) is 43.7 Å². The predicted octanol–water partition coefficient (Wildman–Crippen LogP) is 3.96. The number of anilines is 1. The van der Waals surface area contributed by atoms with E-state index in [9.17, 15) is 9.59 Å². The van der Waals surface area contributed by atoms with Gasteiger partial charge in [0, 0.05) is 39.2 Å². The molecule has 2 unspecified atom stereocenters. The van der Waals surface area contributed by atoms with Crippen LogP contribution < -0.4 is 4.90 Å². The highest BCUT2D eigenvalue weighted by Crippen LogP contribution is 2.51. The Morgan fingerprint density at radius 2 is 1.73 bits per heavy atom. The molecule has 2 heterocycles. The fourth-order valence-electron chi connectivity index (χ4n) is 6.46. The van der Waals surface area contributed by atoms with Gasteiger partial charge >= 0.3 is 0 Å². The van der Waals surface area contributed by atoms with E-state index in [1.165, 1.54) is 12.0 Å². The molecule has 174 valence electrons. The van der Waals surface area contributed by atoms with Gasteiger partial charge in [-0.1, -0.05) is 49.4 Å². The van der Waals surface area contributed by atoms with E-state index < -0.39 is 6.04 Å². The van der Waals surface area contributed by atoms with Gasteiger partial charge in [-0.3, -0.25) is 14.5 Å². The highest BCUT2D eigenvalue weighted by Gasteiger charge is 2.44. The first-order valence-corrected chi connectivity index (χ1v) is 12.3. The fraction of sp³-hybridized carbons (Fsp3) is 0.500. The van der Waals surface area contributed by atoms with Crippen molar-refractivity contribution in [2.45, 2.75) is 56.4 Å². The zero-order chi connectivity index (χ0) is 23.2. The van der Waals surface area contributed by atoms with Crippen molar-refractivity contribution < 1.29 is 9.59 Å². The second-order valence-electron chi connectivity index (χ2n) is 10.4. The topological polar surface area (TPSA) is 43.9 Å². The second kappa shape index (κ2) is 8.60. The molecule has 2 aromatic carbocycles. The number of nitrogens with zero attached hydrogens (tertiary/aromatic N) is 3. The van der Waals surface area contributed by atoms with E-state index in [1.54, 1.807) is 29.5 Å². The molecule has 0 aromatic heterocycles. The molecule has 3 aliphatic rings. The van der Waals surface area contributed by atoms with Crippen molar-refractivity contribution in [1.29, 1.82) is 0 Å². The number of amides is 2. The van der Waals surface area contributed by atoms with Gasteiger partial charge in [0.05, 0.1) is 0 Å². The molecule has 5 rings (SSSR count). The predicted molar refractivity (Wildman–Crippen MR) is 132 cm³/mol. The first-order chi connectivity index (χ1) is 15.9. The largest absolute Gasteiger partial charge is 0.347 e. The Labute approximate surface area is 197 Å². The number of piperidine rings is 1. The van der Waals surface area contributed by atoms with Gasteiger partial charge in [-0.25, -0.2) is 0 Å². The Morgan fingerprint density at radius 1 is 1.03 bits per heavy atom. The Morgan fingerprint density at radius 3 is 2.48 bits per heavy atom. The van der Waals surface area contributed by atoms with E-state index in [4.69, 9.17) is 0 Å². The number of fused-ring (bicyclic) bond motifs is 3. The molecule has 1 spiro atoms. The van der Waals surface area contributed by atoms with E-state index in [2.05, 4.69) is 36.1 Å². The molecule has 2 amide bonds. The minimum Gasteiger partial charge on any atom is -0.347 e. The zero-order valence-corrected chi connectivity index (χ0v) is 20.1. The van der Waals surface area contributed by atoms with Crippen LogP contribution in [0.1, 0.15) is 55.2 Å². The highest BCUT2D eigenvalue weighted by molar-refractivity contribution is 6.03. The molecular formula is C28H35N3O2. The number of likely N-dealkylation sites (N-methyl/N-ethyl adjacent to an activating group) is 1. The minimum atomic E-state index is -0.425. The van der Waals surface area contributed by atoms with Gasteiger partial charge < -0.3 is 9.80 Å². The summed E-state index contributed by atoms with van der Waals surface area (Å²) in [5, 5.41) is 0. The summed E-state index contributed by atoms with van der Waals surface area (Å²) in [4.78, 5) is 32.0. The quantitative estimate of drug-likeness (QED) is 0.716. The number of para-hydroxylation sites is 1. The van der Waals surface area contributed by atoms with Crippen LogP contribution in [0.25, 0.3) is 0 Å². The van der Waals surface area contributed by atoms with Gasteiger partial charge in [0.15, 0.2) is 0 Å². The zero-order valence-electron chi connectivity index (χ0n) is 20.1. The third kappa shape index (κ3) is 3.86. The van der Waals surface area contributed by atoms with E-state index in [1.807, 2.05) is 24.3 Å². The molecule has 0 bridgehead atoms. The Balaban J connectivity index is 1.23. The third-order valence-corrected chi connectivity index (χ3v) is 8.19. The summed E-state index contributed by atoms with van der Waals surface area (Å²) < 4.78 is 0. The van der Waals surface area contributed by atoms with Gasteiger partial charge in [-0.05, 0) is 66.4 Å². The maximum absolute atomic E-state index is 13.4. The Hall–Kier alpha value is -2.66. The van der Waals surface area contributed by atoms with E-state index in [-0.39, 0.29) is 11.8 Å². The van der Waals surface area contributed by atoms with Crippen molar-refractivity contribution in [2.24, 2.45) is 0 Å². The highest BCUT2D eigenvalue weighted by atomic mass is 16.2. The van der Waals surface area contributed by atoms with Crippen molar-refractivity contribution in [3.63, 3.8) is 0 Å². The number of rotatable bonds is 4. The van der Waals surface area contributed by atoms with Crippen molar-refractivity contribution in [3.05, 3.63) is 65.2 Å². The van der Waals surface area contributed by atoms with Gasteiger partial charge in [0.25, 0.3) is 0 Å². The minimum absolute atomic E-state index is 0.00603. The summed E-state index contributed by atoms with van der Waals surface area (Å²) in [5.74, 6) is 0.685. The molecule has 1 fully saturated rings. The van der Waals surface area contributed by atoms with Crippen LogP contribution in [-0.4, -0.2) is 61.4 Å². The molecule has 2 aromatic rings. The molecule has 5 heteroatoms. The summed E-state index contributed by atoms with van der Waals surface area (Å²) in [6.45, 7) is 5.18. The maximum atomic E-state index is 13.4. The van der Waals surface area contributed by atoms with Gasteiger partial charge in [0.2, 0.25) is 11.8 Å². The molecule has 5 nitrogen and oxygen atoms in total. The molecule has 0 radical (unpaired) electrons. The van der Waals surface area contributed by atoms with Crippen molar-refractivity contribution in [3.8, 4) is 0 Å². The van der Waals surface area contributed by atoms with Gasteiger partial charge in [-0.2, -0.15) is 0 Å². The van der Waals surface area contributed by atoms with E-state index in [0.29, 0.717) is 24.2 Å². The van der Waals surface area contributed by atoms with Crippen molar-refractivity contribution >= 4 is 17.5 Å². The van der Waals surface area contributed by atoms with Crippen LogP contribution in [0.5, 0.6) is 0 Å². The lowest BCUT2D eigenvalue weighted by atomic mass is 9.73. The molecular weight excluding hydrogens is 410 g/mol. The summed E-state index contributed by atoms with van der Waals surface area (Å²) in [5.41, 5.74) is 5.39. The molecule has 2 atom stereocenters. The van der Waals surface area contributed by atoms with Gasteiger partial charge in [0.1, 0.15) is 6.04 Å².